The number of unbranched alkanes of at least 4 members (excludes halogenated alkanes) is 6. The Morgan fingerprint density at radius 1 is 1.05 bits per heavy atom. The molecule has 1 rings (SSSR count). The first-order chi connectivity index (χ1) is 10.6. The zero-order valence-electron chi connectivity index (χ0n) is 13.4. The molecule has 0 aromatic heterocycles. The van der Waals surface area contributed by atoms with E-state index in [1.54, 1.807) is 12.1 Å². The Morgan fingerprint density at radius 3 is 2.41 bits per heavy atom. The van der Waals surface area contributed by atoms with Crippen LogP contribution in [0.3, 0.4) is 0 Å². The number of hydrogen-bond acceptors (Lipinski definition) is 3. The van der Waals surface area contributed by atoms with E-state index in [0.29, 0.717) is 12.1 Å². The van der Waals surface area contributed by atoms with E-state index in [-0.39, 0.29) is 23.9 Å². The second-order valence-corrected chi connectivity index (χ2v) is 5.69. The normalized spacial score (nSPS) is 10.4. The smallest absolute Gasteiger partial charge is 0.231 e. The molecule has 0 aliphatic rings. The predicted molar refractivity (Wildman–Crippen MR) is 89.0 cm³/mol. The molecule has 4 nitrogen and oxygen atoms in total. The standard InChI is InChI=1S/C18H27NO3/c1-2-3-4-5-6-7-8-11-17(21)14-18(22)19-15-10-9-12-16(20)13-15/h9-10,12-13,20H,2-8,11,14H2,1H3,(H,19,22). The molecule has 0 aliphatic carbocycles. The molecule has 22 heavy (non-hydrogen) atoms. The van der Waals surface area contributed by atoms with Gasteiger partial charge in [-0.25, -0.2) is 0 Å². The van der Waals surface area contributed by atoms with Crippen LogP contribution >= 0.6 is 0 Å². The molecule has 0 bridgehead atoms. The van der Waals surface area contributed by atoms with E-state index >= 15 is 0 Å². The number of benzene rings is 1. The molecular formula is C18H27NO3. The molecule has 0 radical (unpaired) electrons. The van der Waals surface area contributed by atoms with Gasteiger partial charge in [0.2, 0.25) is 5.91 Å². The van der Waals surface area contributed by atoms with Crippen molar-refractivity contribution in [2.24, 2.45) is 0 Å². The molecule has 0 atom stereocenters. The van der Waals surface area contributed by atoms with Gasteiger partial charge < -0.3 is 10.4 Å². The van der Waals surface area contributed by atoms with Crippen molar-refractivity contribution in [3.8, 4) is 5.75 Å². The van der Waals surface area contributed by atoms with Crippen molar-refractivity contribution in [1.82, 2.24) is 0 Å². The average molecular weight is 305 g/mol. The Bertz CT molecular complexity index is 471. The lowest BCUT2D eigenvalue weighted by Crippen LogP contribution is -2.16. The van der Waals surface area contributed by atoms with Crippen LogP contribution in [0.5, 0.6) is 5.75 Å². The van der Waals surface area contributed by atoms with Gasteiger partial charge in [0.25, 0.3) is 0 Å². The maximum absolute atomic E-state index is 11.7. The van der Waals surface area contributed by atoms with Gasteiger partial charge in [-0.15, -0.1) is 0 Å². The van der Waals surface area contributed by atoms with Crippen molar-refractivity contribution in [2.75, 3.05) is 5.32 Å². The Labute approximate surface area is 132 Å². The van der Waals surface area contributed by atoms with Gasteiger partial charge >= 0.3 is 0 Å². The molecule has 1 aromatic rings. The molecule has 2 N–H and O–H groups in total. The molecule has 0 unspecified atom stereocenters. The van der Waals surface area contributed by atoms with Gasteiger partial charge in [0.05, 0.1) is 6.42 Å². The molecule has 0 saturated heterocycles. The summed E-state index contributed by atoms with van der Waals surface area (Å²) in [5, 5.41) is 11.9. The molecule has 122 valence electrons. The third-order valence-corrected chi connectivity index (χ3v) is 3.55. The predicted octanol–water partition coefficient (Wildman–Crippen LogP) is 4.43. The number of nitrogens with one attached hydrogen (secondary N) is 1. The molecule has 1 aromatic carbocycles. The van der Waals surface area contributed by atoms with Crippen molar-refractivity contribution >= 4 is 17.4 Å². The summed E-state index contributed by atoms with van der Waals surface area (Å²) in [5.74, 6) is -0.253. The van der Waals surface area contributed by atoms with E-state index in [2.05, 4.69) is 12.2 Å². The minimum absolute atomic E-state index is 0.0220. The lowest BCUT2D eigenvalue weighted by molar-refractivity contribution is -0.125. The lowest BCUT2D eigenvalue weighted by Gasteiger charge is -2.05. The van der Waals surface area contributed by atoms with Crippen LogP contribution < -0.4 is 5.32 Å². The minimum atomic E-state index is -0.321. The van der Waals surface area contributed by atoms with Crippen LogP contribution in [-0.4, -0.2) is 16.8 Å². The first kappa shape index (κ1) is 18.2. The number of carbonyl (C=O) groups excluding carboxylic acids is 2. The number of Topliss-reactive ketones (excluding diaryl/α,β-unsaturated/α-hetero) is 1. The van der Waals surface area contributed by atoms with Gasteiger partial charge in [-0.1, -0.05) is 51.5 Å². The van der Waals surface area contributed by atoms with E-state index < -0.39 is 0 Å². The largest absolute Gasteiger partial charge is 0.508 e. The van der Waals surface area contributed by atoms with Crippen LogP contribution in [0.15, 0.2) is 24.3 Å². The minimum Gasteiger partial charge on any atom is -0.508 e. The lowest BCUT2D eigenvalue weighted by atomic mass is 10.1. The first-order valence-corrected chi connectivity index (χ1v) is 8.22. The van der Waals surface area contributed by atoms with Crippen LogP contribution in [-0.2, 0) is 9.59 Å². The molecule has 0 heterocycles. The fraction of sp³-hybridized carbons (Fsp3) is 0.556. The number of phenolic OH excluding ortho intramolecular Hbond substituents is 1. The summed E-state index contributed by atoms with van der Waals surface area (Å²) < 4.78 is 0. The molecule has 0 saturated carbocycles. The van der Waals surface area contributed by atoms with Crippen LogP contribution in [0.25, 0.3) is 0 Å². The number of aromatic hydroxyl groups is 1. The molecule has 0 spiro atoms. The molecule has 4 heteroatoms. The highest BCUT2D eigenvalue weighted by Gasteiger charge is 2.09. The highest BCUT2D eigenvalue weighted by Crippen LogP contribution is 2.15. The van der Waals surface area contributed by atoms with E-state index in [4.69, 9.17) is 0 Å². The first-order valence-electron chi connectivity index (χ1n) is 8.22. The summed E-state index contributed by atoms with van der Waals surface area (Å²) in [6.07, 6.45) is 8.52. The molecule has 0 aliphatic heterocycles. The van der Waals surface area contributed by atoms with E-state index in [1.165, 1.54) is 44.2 Å². The van der Waals surface area contributed by atoms with Gasteiger partial charge in [-0.3, -0.25) is 9.59 Å². The Hall–Kier alpha value is -1.84. The summed E-state index contributed by atoms with van der Waals surface area (Å²) in [7, 11) is 0. The zero-order valence-corrected chi connectivity index (χ0v) is 13.4. The average Bonchev–Trinajstić information content (AvgIpc) is 2.46. The van der Waals surface area contributed by atoms with Crippen LogP contribution in [0, 0.1) is 0 Å². The van der Waals surface area contributed by atoms with Crippen molar-refractivity contribution in [3.63, 3.8) is 0 Å². The SMILES string of the molecule is CCCCCCCCCC(=O)CC(=O)Nc1cccc(O)c1. The summed E-state index contributed by atoms with van der Waals surface area (Å²) in [6, 6.07) is 6.31. The molecule has 0 fully saturated rings. The van der Waals surface area contributed by atoms with Crippen molar-refractivity contribution in [3.05, 3.63) is 24.3 Å². The Kier molecular flexibility index (Phi) is 8.96. The van der Waals surface area contributed by atoms with E-state index in [1.807, 2.05) is 0 Å². The van der Waals surface area contributed by atoms with Gasteiger partial charge in [-0.05, 0) is 18.6 Å². The fourth-order valence-corrected chi connectivity index (χ4v) is 2.34. The van der Waals surface area contributed by atoms with Crippen molar-refractivity contribution in [2.45, 2.75) is 64.7 Å². The third kappa shape index (κ3) is 8.45. The highest BCUT2D eigenvalue weighted by molar-refractivity contribution is 6.04. The van der Waals surface area contributed by atoms with Gasteiger partial charge in [-0.2, -0.15) is 0 Å². The third-order valence-electron chi connectivity index (χ3n) is 3.55. The quantitative estimate of drug-likeness (QED) is 0.469. The number of rotatable bonds is 11. The number of amides is 1. The van der Waals surface area contributed by atoms with Crippen LogP contribution in [0.4, 0.5) is 5.69 Å². The molecule has 1 amide bonds. The Balaban J connectivity index is 2.12. The summed E-state index contributed by atoms with van der Waals surface area (Å²) in [5.41, 5.74) is 0.508. The number of hydrogen-bond donors (Lipinski definition) is 2. The zero-order chi connectivity index (χ0) is 16.2. The second kappa shape index (κ2) is 10.8. The highest BCUT2D eigenvalue weighted by atomic mass is 16.3. The maximum atomic E-state index is 11.7. The van der Waals surface area contributed by atoms with E-state index in [0.717, 1.165) is 12.8 Å². The van der Waals surface area contributed by atoms with Gasteiger partial charge in [0.1, 0.15) is 11.5 Å². The maximum Gasteiger partial charge on any atom is 0.231 e. The monoisotopic (exact) mass is 305 g/mol. The fourth-order valence-electron chi connectivity index (χ4n) is 2.34. The molecular weight excluding hydrogens is 278 g/mol. The Morgan fingerprint density at radius 2 is 1.73 bits per heavy atom. The van der Waals surface area contributed by atoms with Gasteiger partial charge in [0, 0.05) is 18.2 Å². The number of carbonyl (C=O) groups is 2. The van der Waals surface area contributed by atoms with Crippen LogP contribution in [0.1, 0.15) is 64.7 Å². The number of anilines is 1. The van der Waals surface area contributed by atoms with Gasteiger partial charge in [0.15, 0.2) is 0 Å². The summed E-state index contributed by atoms with van der Waals surface area (Å²) in [4.78, 5) is 23.5. The van der Waals surface area contributed by atoms with Crippen molar-refractivity contribution < 1.29 is 14.7 Å². The topological polar surface area (TPSA) is 66.4 Å². The number of phenols is 1. The summed E-state index contributed by atoms with van der Waals surface area (Å²) >= 11 is 0. The summed E-state index contributed by atoms with van der Waals surface area (Å²) in [6.45, 7) is 2.19. The number of ketones is 1. The van der Waals surface area contributed by atoms with E-state index in [9.17, 15) is 14.7 Å². The second-order valence-electron chi connectivity index (χ2n) is 5.69. The van der Waals surface area contributed by atoms with Crippen LogP contribution in [0.2, 0.25) is 0 Å². The van der Waals surface area contributed by atoms with Crippen molar-refractivity contribution in [1.29, 1.82) is 0 Å².